The largest absolute Gasteiger partial charge is 0.433 e. The van der Waals surface area contributed by atoms with Crippen molar-refractivity contribution in [2.75, 3.05) is 11.9 Å². The molecule has 118 valence electrons. The summed E-state index contributed by atoms with van der Waals surface area (Å²) in [6, 6.07) is 3.23. The number of benzene rings is 1. The molecule has 0 aliphatic rings. The van der Waals surface area contributed by atoms with E-state index >= 15 is 0 Å². The van der Waals surface area contributed by atoms with Crippen LogP contribution in [0.15, 0.2) is 18.2 Å². The highest BCUT2D eigenvalue weighted by molar-refractivity contribution is 6.32. The second kappa shape index (κ2) is 7.99. The maximum absolute atomic E-state index is 12.2. The van der Waals surface area contributed by atoms with Gasteiger partial charge in [0.2, 0.25) is 0 Å². The summed E-state index contributed by atoms with van der Waals surface area (Å²) in [4.78, 5) is 11.7. The van der Waals surface area contributed by atoms with Crippen LogP contribution in [0, 0.1) is 5.92 Å². The maximum Gasteiger partial charge on any atom is 0.387 e. The van der Waals surface area contributed by atoms with Crippen molar-refractivity contribution in [1.82, 2.24) is 5.32 Å². The molecule has 5 nitrogen and oxygen atoms in total. The zero-order valence-corrected chi connectivity index (χ0v) is 12.3. The minimum atomic E-state index is -3.00. The first-order chi connectivity index (χ1) is 9.83. The number of ether oxygens (including phenoxy) is 1. The van der Waals surface area contributed by atoms with Gasteiger partial charge in [-0.15, -0.1) is 0 Å². The van der Waals surface area contributed by atoms with Gasteiger partial charge in [-0.05, 0) is 25.0 Å². The SMILES string of the molecule is C[C@H](CO)[C@@H](C)NC(=O)Nc1ccc(Cl)c(OC(F)F)c1. The van der Waals surface area contributed by atoms with Gasteiger partial charge in [0.15, 0.2) is 0 Å². The molecular weight excluding hydrogens is 306 g/mol. The Labute approximate surface area is 126 Å². The van der Waals surface area contributed by atoms with Gasteiger partial charge in [-0.2, -0.15) is 8.78 Å². The fourth-order valence-electron chi connectivity index (χ4n) is 1.44. The molecule has 0 aromatic heterocycles. The molecule has 8 heteroatoms. The molecule has 2 amide bonds. The highest BCUT2D eigenvalue weighted by Crippen LogP contribution is 2.29. The van der Waals surface area contributed by atoms with E-state index in [1.165, 1.54) is 18.2 Å². The number of nitrogens with one attached hydrogen (secondary N) is 2. The lowest BCUT2D eigenvalue weighted by Crippen LogP contribution is -2.40. The van der Waals surface area contributed by atoms with Gasteiger partial charge in [0, 0.05) is 24.4 Å². The van der Waals surface area contributed by atoms with E-state index in [-0.39, 0.29) is 35.0 Å². The van der Waals surface area contributed by atoms with E-state index in [0.717, 1.165) is 0 Å². The Kier molecular flexibility index (Phi) is 6.64. The lowest BCUT2D eigenvalue weighted by atomic mass is 10.1. The average Bonchev–Trinajstić information content (AvgIpc) is 2.40. The molecule has 0 saturated heterocycles. The third-order valence-electron chi connectivity index (χ3n) is 2.91. The number of alkyl halides is 2. The molecule has 21 heavy (non-hydrogen) atoms. The van der Waals surface area contributed by atoms with Crippen LogP contribution in [-0.2, 0) is 0 Å². The monoisotopic (exact) mass is 322 g/mol. The molecule has 1 aromatic carbocycles. The first-order valence-electron chi connectivity index (χ1n) is 6.26. The fourth-order valence-corrected chi connectivity index (χ4v) is 1.60. The van der Waals surface area contributed by atoms with Gasteiger partial charge in [0.25, 0.3) is 0 Å². The van der Waals surface area contributed by atoms with Crippen LogP contribution in [0.2, 0.25) is 5.02 Å². The number of halogens is 3. The molecule has 3 N–H and O–H groups in total. The van der Waals surface area contributed by atoms with E-state index in [1.807, 2.05) is 0 Å². The summed E-state index contributed by atoms with van der Waals surface area (Å²) >= 11 is 5.71. The average molecular weight is 323 g/mol. The minimum absolute atomic E-state index is 0.0172. The molecule has 2 atom stereocenters. The summed E-state index contributed by atoms with van der Waals surface area (Å²) < 4.78 is 28.6. The van der Waals surface area contributed by atoms with Crippen LogP contribution in [0.1, 0.15) is 13.8 Å². The summed E-state index contributed by atoms with van der Waals surface area (Å²) in [5.41, 5.74) is 0.261. The second-order valence-electron chi connectivity index (χ2n) is 4.57. The van der Waals surface area contributed by atoms with Gasteiger partial charge >= 0.3 is 12.6 Å². The van der Waals surface area contributed by atoms with Crippen molar-refractivity contribution in [2.24, 2.45) is 5.92 Å². The predicted molar refractivity (Wildman–Crippen MR) is 76.0 cm³/mol. The van der Waals surface area contributed by atoms with Crippen molar-refractivity contribution < 1.29 is 23.4 Å². The molecule has 0 heterocycles. The van der Waals surface area contributed by atoms with Crippen molar-refractivity contribution in [3.05, 3.63) is 23.2 Å². The summed E-state index contributed by atoms with van der Waals surface area (Å²) in [7, 11) is 0. The Hall–Kier alpha value is -1.60. The number of aliphatic hydroxyl groups excluding tert-OH is 1. The topological polar surface area (TPSA) is 70.6 Å². The lowest BCUT2D eigenvalue weighted by Gasteiger charge is -2.19. The van der Waals surface area contributed by atoms with Crippen LogP contribution in [0.25, 0.3) is 0 Å². The van der Waals surface area contributed by atoms with Gasteiger partial charge in [-0.25, -0.2) is 4.79 Å². The molecule has 1 aromatic rings. The Bertz CT molecular complexity index is 488. The van der Waals surface area contributed by atoms with E-state index in [4.69, 9.17) is 16.7 Å². The normalized spacial score (nSPS) is 13.7. The van der Waals surface area contributed by atoms with Crippen LogP contribution in [0.5, 0.6) is 5.75 Å². The molecular formula is C13H17ClF2N2O3. The number of rotatable bonds is 6. The van der Waals surface area contributed by atoms with Gasteiger partial charge in [0.1, 0.15) is 5.75 Å². The van der Waals surface area contributed by atoms with Gasteiger partial charge in [-0.1, -0.05) is 18.5 Å². The number of carbonyl (C=O) groups is 1. The predicted octanol–water partition coefficient (Wildman–Crippen LogP) is 3.08. The van der Waals surface area contributed by atoms with Crippen LogP contribution in [0.3, 0.4) is 0 Å². The summed E-state index contributed by atoms with van der Waals surface area (Å²) in [5, 5.41) is 14.1. The first kappa shape index (κ1) is 17.5. The Balaban J connectivity index is 2.68. The molecule has 0 spiro atoms. The van der Waals surface area contributed by atoms with Crippen molar-refractivity contribution in [2.45, 2.75) is 26.5 Å². The smallest absolute Gasteiger partial charge is 0.387 e. The zero-order valence-electron chi connectivity index (χ0n) is 11.6. The van der Waals surface area contributed by atoms with Crippen LogP contribution in [-0.4, -0.2) is 30.4 Å². The van der Waals surface area contributed by atoms with E-state index in [1.54, 1.807) is 13.8 Å². The van der Waals surface area contributed by atoms with Crippen LogP contribution in [0.4, 0.5) is 19.3 Å². The molecule has 0 aliphatic heterocycles. The molecule has 0 fully saturated rings. The van der Waals surface area contributed by atoms with E-state index in [0.29, 0.717) is 0 Å². The first-order valence-corrected chi connectivity index (χ1v) is 6.64. The highest BCUT2D eigenvalue weighted by Gasteiger charge is 2.15. The number of urea groups is 1. The summed E-state index contributed by atoms with van der Waals surface area (Å²) in [6.45, 7) is 0.460. The number of carbonyl (C=O) groups excluding carboxylic acids is 1. The number of hydrogen-bond acceptors (Lipinski definition) is 3. The van der Waals surface area contributed by atoms with E-state index in [2.05, 4.69) is 15.4 Å². The van der Waals surface area contributed by atoms with Crippen molar-refractivity contribution in [3.63, 3.8) is 0 Å². The summed E-state index contributed by atoms with van der Waals surface area (Å²) in [6.07, 6.45) is 0. The standard InChI is InChI=1S/C13H17ClF2N2O3/c1-7(6-19)8(2)17-13(20)18-9-3-4-10(14)11(5-9)21-12(15)16/h3-5,7-8,12,19H,6H2,1-2H3,(H2,17,18,20)/t7-,8-/m1/s1. The quantitative estimate of drug-likeness (QED) is 0.753. The minimum Gasteiger partial charge on any atom is -0.433 e. The molecule has 1 rings (SSSR count). The molecule has 0 radical (unpaired) electrons. The second-order valence-corrected chi connectivity index (χ2v) is 4.98. The third kappa shape index (κ3) is 5.73. The Morgan fingerprint density at radius 2 is 2.10 bits per heavy atom. The maximum atomic E-state index is 12.2. The molecule has 0 bridgehead atoms. The van der Waals surface area contributed by atoms with E-state index in [9.17, 15) is 13.6 Å². The van der Waals surface area contributed by atoms with E-state index < -0.39 is 12.6 Å². The third-order valence-corrected chi connectivity index (χ3v) is 3.22. The van der Waals surface area contributed by atoms with Crippen molar-refractivity contribution in [3.8, 4) is 5.75 Å². The van der Waals surface area contributed by atoms with Crippen LogP contribution >= 0.6 is 11.6 Å². The number of hydrogen-bond donors (Lipinski definition) is 3. The van der Waals surface area contributed by atoms with Crippen molar-refractivity contribution >= 4 is 23.3 Å². The Morgan fingerprint density at radius 3 is 2.67 bits per heavy atom. The fraction of sp³-hybridized carbons (Fsp3) is 0.462. The number of aliphatic hydroxyl groups is 1. The molecule has 0 aliphatic carbocycles. The van der Waals surface area contributed by atoms with Gasteiger partial charge < -0.3 is 20.5 Å². The van der Waals surface area contributed by atoms with Crippen molar-refractivity contribution in [1.29, 1.82) is 0 Å². The Morgan fingerprint density at radius 1 is 1.43 bits per heavy atom. The zero-order chi connectivity index (χ0) is 16.0. The molecule has 0 saturated carbocycles. The summed E-state index contributed by atoms with van der Waals surface area (Å²) in [5.74, 6) is -0.333. The van der Waals surface area contributed by atoms with Crippen LogP contribution < -0.4 is 15.4 Å². The highest BCUT2D eigenvalue weighted by atomic mass is 35.5. The number of amides is 2. The van der Waals surface area contributed by atoms with Gasteiger partial charge in [0.05, 0.1) is 5.02 Å². The number of anilines is 1. The van der Waals surface area contributed by atoms with Gasteiger partial charge in [-0.3, -0.25) is 0 Å². The lowest BCUT2D eigenvalue weighted by molar-refractivity contribution is -0.0497. The molecule has 0 unspecified atom stereocenters.